The van der Waals surface area contributed by atoms with Crippen LogP contribution in [0, 0.1) is 0 Å². The normalized spacial score (nSPS) is 20.7. The summed E-state index contributed by atoms with van der Waals surface area (Å²) in [6.45, 7) is 4.55. The number of ether oxygens (including phenoxy) is 1. The lowest BCUT2D eigenvalue weighted by Gasteiger charge is -2.30. The van der Waals surface area contributed by atoms with E-state index in [2.05, 4.69) is 14.9 Å². The Bertz CT molecular complexity index is 460. The van der Waals surface area contributed by atoms with Crippen LogP contribution >= 0.6 is 0 Å². The quantitative estimate of drug-likeness (QED) is 0.773. The van der Waals surface area contributed by atoms with Crippen molar-refractivity contribution in [3.63, 3.8) is 0 Å². The Labute approximate surface area is 112 Å². The van der Waals surface area contributed by atoms with E-state index in [9.17, 15) is 4.79 Å². The van der Waals surface area contributed by atoms with Crippen molar-refractivity contribution in [3.8, 4) is 0 Å². The van der Waals surface area contributed by atoms with Crippen LogP contribution in [0.15, 0.2) is 12.4 Å². The fourth-order valence-electron chi connectivity index (χ4n) is 2.51. The van der Waals surface area contributed by atoms with Gasteiger partial charge in [0.25, 0.3) is 0 Å². The van der Waals surface area contributed by atoms with Crippen molar-refractivity contribution in [2.24, 2.45) is 0 Å². The summed E-state index contributed by atoms with van der Waals surface area (Å²) < 4.78 is 5.34. The van der Waals surface area contributed by atoms with Crippen molar-refractivity contribution in [3.05, 3.63) is 12.4 Å². The number of anilines is 2. The highest BCUT2D eigenvalue weighted by Crippen LogP contribution is 2.20. The monoisotopic (exact) mass is 262 g/mol. The van der Waals surface area contributed by atoms with Crippen LogP contribution in [0.2, 0.25) is 0 Å². The molecule has 3 rings (SSSR count). The van der Waals surface area contributed by atoms with Crippen LogP contribution in [-0.2, 0) is 9.53 Å². The second kappa shape index (κ2) is 5.52. The number of nitrogens with zero attached hydrogens (tertiary/aromatic N) is 4. The molecule has 0 atom stereocenters. The van der Waals surface area contributed by atoms with Gasteiger partial charge < -0.3 is 14.5 Å². The molecule has 6 heteroatoms. The summed E-state index contributed by atoms with van der Waals surface area (Å²) in [5.74, 6) is 2.06. The number of aromatic nitrogens is 2. The summed E-state index contributed by atoms with van der Waals surface area (Å²) in [4.78, 5) is 24.4. The standard InChI is InChI=1S/C13H18N4O2/c18-11-2-1-3-17(9-11)13-8-12(14-10-15-13)16-4-6-19-7-5-16/h8,10H,1-7,9H2. The molecule has 1 aromatic rings. The third kappa shape index (κ3) is 2.84. The Hall–Kier alpha value is -1.69. The first-order valence-electron chi connectivity index (χ1n) is 6.74. The molecular weight excluding hydrogens is 244 g/mol. The largest absolute Gasteiger partial charge is 0.378 e. The van der Waals surface area contributed by atoms with E-state index in [1.807, 2.05) is 11.0 Å². The highest BCUT2D eigenvalue weighted by molar-refractivity contribution is 5.84. The van der Waals surface area contributed by atoms with Gasteiger partial charge >= 0.3 is 0 Å². The van der Waals surface area contributed by atoms with Crippen LogP contribution in [0.3, 0.4) is 0 Å². The van der Waals surface area contributed by atoms with Crippen molar-refractivity contribution >= 4 is 17.4 Å². The molecule has 1 aromatic heterocycles. The molecule has 0 bridgehead atoms. The van der Waals surface area contributed by atoms with Crippen LogP contribution in [0.25, 0.3) is 0 Å². The molecule has 19 heavy (non-hydrogen) atoms. The lowest BCUT2D eigenvalue weighted by Crippen LogP contribution is -2.38. The number of carbonyl (C=O) groups is 1. The first kappa shape index (κ1) is 12.3. The zero-order valence-electron chi connectivity index (χ0n) is 10.9. The maximum absolute atomic E-state index is 11.5. The SMILES string of the molecule is O=C1CCCN(c2cc(N3CCOCC3)ncn2)C1. The van der Waals surface area contributed by atoms with Gasteiger partial charge in [-0.1, -0.05) is 0 Å². The Morgan fingerprint density at radius 1 is 1.05 bits per heavy atom. The van der Waals surface area contributed by atoms with Crippen LogP contribution in [-0.4, -0.2) is 55.1 Å². The maximum atomic E-state index is 11.5. The predicted octanol–water partition coefficient (Wildman–Crippen LogP) is 0.482. The molecule has 0 spiro atoms. The van der Waals surface area contributed by atoms with E-state index in [-0.39, 0.29) is 5.78 Å². The number of Topliss-reactive ketones (excluding diaryl/α,β-unsaturated/α-hetero) is 1. The van der Waals surface area contributed by atoms with E-state index in [1.54, 1.807) is 6.33 Å². The second-order valence-electron chi connectivity index (χ2n) is 4.90. The molecule has 0 N–H and O–H groups in total. The third-order valence-electron chi connectivity index (χ3n) is 3.55. The van der Waals surface area contributed by atoms with Gasteiger partial charge in [-0.05, 0) is 6.42 Å². The first-order chi connectivity index (χ1) is 9.33. The molecule has 0 saturated carbocycles. The molecular formula is C13H18N4O2. The summed E-state index contributed by atoms with van der Waals surface area (Å²) in [6.07, 6.45) is 3.19. The molecule has 0 amide bonds. The number of morpholine rings is 1. The molecule has 0 radical (unpaired) electrons. The minimum absolute atomic E-state index is 0.290. The molecule has 2 fully saturated rings. The molecule has 0 aliphatic carbocycles. The van der Waals surface area contributed by atoms with Gasteiger partial charge in [-0.25, -0.2) is 9.97 Å². The average Bonchev–Trinajstić information content (AvgIpc) is 2.48. The van der Waals surface area contributed by atoms with Crippen LogP contribution in [0.4, 0.5) is 11.6 Å². The smallest absolute Gasteiger partial charge is 0.152 e. The lowest BCUT2D eigenvalue weighted by molar-refractivity contribution is -0.118. The van der Waals surface area contributed by atoms with Gasteiger partial charge in [-0.2, -0.15) is 0 Å². The number of hydrogen-bond acceptors (Lipinski definition) is 6. The van der Waals surface area contributed by atoms with Gasteiger partial charge in [-0.3, -0.25) is 4.79 Å². The Balaban J connectivity index is 1.76. The molecule has 2 saturated heterocycles. The summed E-state index contributed by atoms with van der Waals surface area (Å²) in [5, 5.41) is 0. The number of hydrogen-bond donors (Lipinski definition) is 0. The van der Waals surface area contributed by atoms with Gasteiger partial charge in [0.05, 0.1) is 19.8 Å². The van der Waals surface area contributed by atoms with E-state index in [1.165, 1.54) is 0 Å². The summed E-state index contributed by atoms with van der Waals surface area (Å²) in [6, 6.07) is 1.98. The average molecular weight is 262 g/mol. The molecule has 2 aliphatic heterocycles. The van der Waals surface area contributed by atoms with Gasteiger partial charge in [0.1, 0.15) is 18.0 Å². The highest BCUT2D eigenvalue weighted by Gasteiger charge is 2.20. The second-order valence-corrected chi connectivity index (χ2v) is 4.90. The number of rotatable bonds is 2. The van der Waals surface area contributed by atoms with Crippen molar-refractivity contribution in [1.29, 1.82) is 0 Å². The van der Waals surface area contributed by atoms with Gasteiger partial charge in [-0.15, -0.1) is 0 Å². The van der Waals surface area contributed by atoms with Gasteiger partial charge in [0.2, 0.25) is 0 Å². The van der Waals surface area contributed by atoms with E-state index < -0.39 is 0 Å². The van der Waals surface area contributed by atoms with E-state index in [0.717, 1.165) is 50.9 Å². The van der Waals surface area contributed by atoms with Crippen molar-refractivity contribution in [2.45, 2.75) is 12.8 Å². The molecule has 2 aliphatic rings. The predicted molar refractivity (Wildman–Crippen MR) is 71.5 cm³/mol. The van der Waals surface area contributed by atoms with E-state index in [0.29, 0.717) is 13.0 Å². The first-order valence-corrected chi connectivity index (χ1v) is 6.74. The molecule has 102 valence electrons. The number of ketones is 1. The molecule has 0 unspecified atom stereocenters. The zero-order chi connectivity index (χ0) is 13.1. The minimum atomic E-state index is 0.290. The topological polar surface area (TPSA) is 58.6 Å². The van der Waals surface area contributed by atoms with Gasteiger partial charge in [0, 0.05) is 32.1 Å². The van der Waals surface area contributed by atoms with E-state index >= 15 is 0 Å². The minimum Gasteiger partial charge on any atom is -0.378 e. The fraction of sp³-hybridized carbons (Fsp3) is 0.615. The molecule has 0 aromatic carbocycles. The highest BCUT2D eigenvalue weighted by atomic mass is 16.5. The van der Waals surface area contributed by atoms with Gasteiger partial charge in [0.15, 0.2) is 5.78 Å². The lowest BCUT2D eigenvalue weighted by atomic mass is 10.1. The van der Waals surface area contributed by atoms with Crippen molar-refractivity contribution < 1.29 is 9.53 Å². The van der Waals surface area contributed by atoms with E-state index in [4.69, 9.17) is 4.74 Å². The van der Waals surface area contributed by atoms with Crippen LogP contribution < -0.4 is 9.80 Å². The van der Waals surface area contributed by atoms with Crippen LogP contribution in [0.5, 0.6) is 0 Å². The summed E-state index contributed by atoms with van der Waals surface area (Å²) in [7, 11) is 0. The molecule has 3 heterocycles. The zero-order valence-corrected chi connectivity index (χ0v) is 10.9. The summed E-state index contributed by atoms with van der Waals surface area (Å²) >= 11 is 0. The Morgan fingerprint density at radius 2 is 1.79 bits per heavy atom. The third-order valence-corrected chi connectivity index (χ3v) is 3.55. The molecule has 6 nitrogen and oxygen atoms in total. The van der Waals surface area contributed by atoms with Crippen LogP contribution in [0.1, 0.15) is 12.8 Å². The Morgan fingerprint density at radius 3 is 2.53 bits per heavy atom. The maximum Gasteiger partial charge on any atom is 0.152 e. The number of piperidine rings is 1. The van der Waals surface area contributed by atoms with Crippen molar-refractivity contribution in [2.75, 3.05) is 49.2 Å². The Kier molecular flexibility index (Phi) is 3.59. The fourth-order valence-corrected chi connectivity index (χ4v) is 2.51. The number of carbonyl (C=O) groups excluding carboxylic acids is 1. The summed E-state index contributed by atoms with van der Waals surface area (Å²) in [5.41, 5.74) is 0. The van der Waals surface area contributed by atoms with Crippen molar-refractivity contribution in [1.82, 2.24) is 9.97 Å².